The predicted octanol–water partition coefficient (Wildman–Crippen LogP) is 1.82. The highest BCUT2D eigenvalue weighted by Gasteiger charge is 2.30. The van der Waals surface area contributed by atoms with Gasteiger partial charge in [0.1, 0.15) is 0 Å². The summed E-state index contributed by atoms with van der Waals surface area (Å²) in [6.45, 7) is 12.6. The van der Waals surface area contributed by atoms with Crippen molar-refractivity contribution in [3.05, 3.63) is 0 Å². The van der Waals surface area contributed by atoms with Gasteiger partial charge in [-0.25, -0.2) is 0 Å². The van der Waals surface area contributed by atoms with Crippen LogP contribution in [0.4, 0.5) is 0 Å². The number of nitrogens with one attached hydrogen (secondary N) is 1. The summed E-state index contributed by atoms with van der Waals surface area (Å²) >= 11 is 0. The average molecular weight is 244 g/mol. The van der Waals surface area contributed by atoms with Gasteiger partial charge in [0.05, 0.1) is 11.1 Å². The first-order valence-corrected chi connectivity index (χ1v) is 6.28. The molecule has 0 aliphatic heterocycles. The van der Waals surface area contributed by atoms with Crippen molar-refractivity contribution in [2.45, 2.75) is 71.6 Å². The highest BCUT2D eigenvalue weighted by molar-refractivity contribution is 5.84. The molecule has 0 heterocycles. The summed E-state index contributed by atoms with van der Waals surface area (Å²) in [5.41, 5.74) is 4.67. The third-order valence-electron chi connectivity index (χ3n) is 2.51. The van der Waals surface area contributed by atoms with Crippen molar-refractivity contribution in [1.29, 1.82) is 0 Å². The molecule has 1 unspecified atom stereocenters. The molecule has 3 N–H and O–H groups in total. The Hall–Kier alpha value is -0.610. The van der Waals surface area contributed by atoms with Crippen molar-refractivity contribution < 1.29 is 9.53 Å². The Kier molecular flexibility index (Phi) is 6.13. The van der Waals surface area contributed by atoms with Crippen molar-refractivity contribution in [1.82, 2.24) is 5.32 Å². The summed E-state index contributed by atoms with van der Waals surface area (Å²) in [6.07, 6.45) is 1.51. The van der Waals surface area contributed by atoms with E-state index in [1.807, 2.05) is 41.5 Å². The molecule has 4 heteroatoms. The SMILES string of the molecule is CC(C)NC(C)(CCCOC(C)(C)C)C(N)=O. The van der Waals surface area contributed by atoms with E-state index < -0.39 is 5.54 Å². The molecule has 0 aromatic rings. The summed E-state index contributed by atoms with van der Waals surface area (Å²) in [7, 11) is 0. The summed E-state index contributed by atoms with van der Waals surface area (Å²) < 4.78 is 5.63. The van der Waals surface area contributed by atoms with Crippen LogP contribution in [0.2, 0.25) is 0 Å². The Morgan fingerprint density at radius 2 is 1.82 bits per heavy atom. The van der Waals surface area contributed by atoms with Crippen LogP contribution in [0.25, 0.3) is 0 Å². The molecule has 1 amide bonds. The van der Waals surface area contributed by atoms with Crippen LogP contribution in [0.5, 0.6) is 0 Å². The first-order chi connectivity index (χ1) is 7.57. The topological polar surface area (TPSA) is 64.3 Å². The Morgan fingerprint density at radius 3 is 2.18 bits per heavy atom. The number of primary amides is 1. The van der Waals surface area contributed by atoms with Gasteiger partial charge in [0.15, 0.2) is 0 Å². The van der Waals surface area contributed by atoms with E-state index in [4.69, 9.17) is 10.5 Å². The van der Waals surface area contributed by atoms with E-state index in [-0.39, 0.29) is 17.6 Å². The van der Waals surface area contributed by atoms with Crippen LogP contribution >= 0.6 is 0 Å². The maximum atomic E-state index is 11.5. The number of carbonyl (C=O) groups is 1. The van der Waals surface area contributed by atoms with Gasteiger partial charge in [-0.3, -0.25) is 4.79 Å². The molecule has 0 spiro atoms. The molecule has 0 radical (unpaired) electrons. The summed E-state index contributed by atoms with van der Waals surface area (Å²) in [5.74, 6) is -0.304. The fraction of sp³-hybridized carbons (Fsp3) is 0.923. The quantitative estimate of drug-likeness (QED) is 0.671. The minimum atomic E-state index is -0.643. The van der Waals surface area contributed by atoms with Crippen LogP contribution in [0, 0.1) is 0 Å². The second-order valence-corrected chi connectivity index (χ2v) is 6.06. The third-order valence-corrected chi connectivity index (χ3v) is 2.51. The molecule has 17 heavy (non-hydrogen) atoms. The minimum Gasteiger partial charge on any atom is -0.376 e. The lowest BCUT2D eigenvalue weighted by molar-refractivity contribution is -0.124. The molecule has 0 aromatic heterocycles. The molecule has 0 saturated heterocycles. The molecule has 0 aromatic carbocycles. The lowest BCUT2D eigenvalue weighted by atomic mass is 9.94. The highest BCUT2D eigenvalue weighted by Crippen LogP contribution is 2.15. The van der Waals surface area contributed by atoms with Crippen molar-refractivity contribution >= 4 is 5.91 Å². The summed E-state index contributed by atoms with van der Waals surface area (Å²) in [6, 6.07) is 0.232. The van der Waals surface area contributed by atoms with E-state index in [2.05, 4.69) is 5.32 Å². The number of hydrogen-bond acceptors (Lipinski definition) is 3. The monoisotopic (exact) mass is 244 g/mol. The zero-order valence-electron chi connectivity index (χ0n) is 12.1. The number of nitrogens with two attached hydrogens (primary N) is 1. The molecule has 102 valence electrons. The van der Waals surface area contributed by atoms with Crippen molar-refractivity contribution in [2.24, 2.45) is 5.73 Å². The van der Waals surface area contributed by atoms with E-state index in [9.17, 15) is 4.79 Å². The van der Waals surface area contributed by atoms with Gasteiger partial charge >= 0.3 is 0 Å². The van der Waals surface area contributed by atoms with Gasteiger partial charge in [-0.2, -0.15) is 0 Å². The number of carbonyl (C=O) groups excluding carboxylic acids is 1. The third kappa shape index (κ3) is 7.34. The van der Waals surface area contributed by atoms with E-state index >= 15 is 0 Å². The number of amides is 1. The van der Waals surface area contributed by atoms with Gasteiger partial charge in [0.2, 0.25) is 5.91 Å². The van der Waals surface area contributed by atoms with Crippen LogP contribution in [0.3, 0.4) is 0 Å². The zero-order chi connectivity index (χ0) is 13.7. The minimum absolute atomic E-state index is 0.130. The van der Waals surface area contributed by atoms with Crippen molar-refractivity contribution in [2.75, 3.05) is 6.61 Å². The van der Waals surface area contributed by atoms with Crippen LogP contribution < -0.4 is 11.1 Å². The highest BCUT2D eigenvalue weighted by atomic mass is 16.5. The largest absolute Gasteiger partial charge is 0.376 e. The molecular formula is C13H28N2O2. The Balaban J connectivity index is 4.15. The second kappa shape index (κ2) is 6.36. The molecule has 4 nitrogen and oxygen atoms in total. The maximum absolute atomic E-state index is 11.5. The average Bonchev–Trinajstić information content (AvgIpc) is 2.09. The molecule has 1 atom stereocenters. The maximum Gasteiger partial charge on any atom is 0.237 e. The molecule has 0 fully saturated rings. The fourth-order valence-electron chi connectivity index (χ4n) is 1.71. The first-order valence-electron chi connectivity index (χ1n) is 6.28. The lowest BCUT2D eigenvalue weighted by Crippen LogP contribution is -2.55. The van der Waals surface area contributed by atoms with Crippen LogP contribution in [-0.4, -0.2) is 29.7 Å². The van der Waals surface area contributed by atoms with Gasteiger partial charge in [-0.15, -0.1) is 0 Å². The Labute approximate surface area is 105 Å². The zero-order valence-corrected chi connectivity index (χ0v) is 12.1. The molecule has 0 bridgehead atoms. The lowest BCUT2D eigenvalue weighted by Gasteiger charge is -2.30. The number of rotatable bonds is 7. The van der Waals surface area contributed by atoms with Gasteiger partial charge in [-0.1, -0.05) is 0 Å². The van der Waals surface area contributed by atoms with E-state index in [1.165, 1.54) is 0 Å². The number of hydrogen-bond donors (Lipinski definition) is 2. The summed E-state index contributed by atoms with van der Waals surface area (Å²) in [4.78, 5) is 11.5. The number of ether oxygens (including phenoxy) is 1. The normalized spacial score (nSPS) is 15.9. The molecule has 0 saturated carbocycles. The van der Waals surface area contributed by atoms with E-state index in [0.29, 0.717) is 13.0 Å². The standard InChI is InChI=1S/C13H28N2O2/c1-10(2)15-13(6,11(14)16)8-7-9-17-12(3,4)5/h10,15H,7-9H2,1-6H3,(H2,14,16). The Morgan fingerprint density at radius 1 is 1.29 bits per heavy atom. The molecule has 0 rings (SSSR count). The molecule has 0 aliphatic carbocycles. The van der Waals surface area contributed by atoms with Crippen LogP contribution in [0.15, 0.2) is 0 Å². The molecular weight excluding hydrogens is 216 g/mol. The van der Waals surface area contributed by atoms with Crippen molar-refractivity contribution in [3.63, 3.8) is 0 Å². The van der Waals surface area contributed by atoms with Crippen LogP contribution in [0.1, 0.15) is 54.4 Å². The van der Waals surface area contributed by atoms with E-state index in [1.54, 1.807) is 0 Å². The first kappa shape index (κ1) is 16.4. The van der Waals surface area contributed by atoms with Crippen molar-refractivity contribution in [3.8, 4) is 0 Å². The second-order valence-electron chi connectivity index (χ2n) is 6.06. The molecule has 0 aliphatic rings. The Bertz CT molecular complexity index is 246. The smallest absolute Gasteiger partial charge is 0.237 e. The van der Waals surface area contributed by atoms with Gasteiger partial charge in [0.25, 0.3) is 0 Å². The van der Waals surface area contributed by atoms with Gasteiger partial charge < -0.3 is 15.8 Å². The summed E-state index contributed by atoms with van der Waals surface area (Å²) in [5, 5.41) is 3.22. The fourth-order valence-corrected chi connectivity index (χ4v) is 1.71. The van der Waals surface area contributed by atoms with Crippen LogP contribution in [-0.2, 0) is 9.53 Å². The predicted molar refractivity (Wildman–Crippen MR) is 70.8 cm³/mol. The van der Waals surface area contributed by atoms with Gasteiger partial charge in [-0.05, 0) is 54.4 Å². The van der Waals surface area contributed by atoms with Gasteiger partial charge in [0, 0.05) is 12.6 Å². The van der Waals surface area contributed by atoms with E-state index in [0.717, 1.165) is 6.42 Å².